The Labute approximate surface area is 131 Å². The third-order valence-electron chi connectivity index (χ3n) is 3.18. The molecule has 2 N–H and O–H groups in total. The number of aryl methyl sites for hydroxylation is 1. The van der Waals surface area contributed by atoms with Crippen LogP contribution in [0.5, 0.6) is 0 Å². The number of aromatic nitrogens is 5. The molecule has 3 heterocycles. The summed E-state index contributed by atoms with van der Waals surface area (Å²) in [4.78, 5) is 16.6. The zero-order valence-corrected chi connectivity index (χ0v) is 13.3. The van der Waals surface area contributed by atoms with Crippen molar-refractivity contribution in [3.63, 3.8) is 0 Å². The van der Waals surface area contributed by atoms with Gasteiger partial charge in [0.2, 0.25) is 0 Å². The molecule has 0 unspecified atom stereocenters. The fourth-order valence-corrected chi connectivity index (χ4v) is 2.64. The summed E-state index contributed by atoms with van der Waals surface area (Å²) in [5, 5.41) is 16.2. The first-order chi connectivity index (χ1) is 10.5. The lowest BCUT2D eigenvalue weighted by atomic mass is 10.1. The maximum Gasteiger partial charge on any atom is 0.277 e. The largest absolute Gasteiger partial charge is 0.296 e. The van der Waals surface area contributed by atoms with Gasteiger partial charge in [-0.2, -0.15) is 10.2 Å². The summed E-state index contributed by atoms with van der Waals surface area (Å²) < 4.78 is 1.71. The van der Waals surface area contributed by atoms with Crippen molar-refractivity contribution in [3.8, 4) is 11.3 Å². The van der Waals surface area contributed by atoms with Gasteiger partial charge in [0.15, 0.2) is 10.8 Å². The lowest BCUT2D eigenvalue weighted by Crippen LogP contribution is -2.12. The fourth-order valence-electron chi connectivity index (χ4n) is 1.93. The summed E-state index contributed by atoms with van der Waals surface area (Å²) in [7, 11) is 1.85. The summed E-state index contributed by atoms with van der Waals surface area (Å²) in [5.41, 5.74) is 3.00. The van der Waals surface area contributed by atoms with Crippen LogP contribution < -0.4 is 5.32 Å². The van der Waals surface area contributed by atoms with Gasteiger partial charge in [-0.1, -0.05) is 13.8 Å². The van der Waals surface area contributed by atoms with Crippen molar-refractivity contribution in [2.75, 3.05) is 5.32 Å². The molecule has 0 bridgehead atoms. The Morgan fingerprint density at radius 3 is 2.91 bits per heavy atom. The van der Waals surface area contributed by atoms with Crippen LogP contribution in [-0.2, 0) is 7.05 Å². The molecule has 0 aliphatic heterocycles. The Morgan fingerprint density at radius 1 is 1.45 bits per heavy atom. The molecule has 114 valence electrons. The van der Waals surface area contributed by atoms with Crippen LogP contribution in [0.1, 0.15) is 35.9 Å². The standard InChI is InChI=1S/C14H16N6OS/c1-8(2)10-4-11(19-18-10)13(21)17-14-16-12(7-22-14)9-5-15-20(3)6-9/h4-8H,1-3H3,(H,18,19)(H,16,17,21). The molecule has 0 fully saturated rings. The Bertz CT molecular complexity index is 800. The van der Waals surface area contributed by atoms with Crippen LogP contribution in [0.15, 0.2) is 23.8 Å². The minimum atomic E-state index is -0.268. The van der Waals surface area contributed by atoms with E-state index in [2.05, 4.69) is 25.6 Å². The van der Waals surface area contributed by atoms with Crippen molar-refractivity contribution < 1.29 is 4.79 Å². The number of rotatable bonds is 4. The monoisotopic (exact) mass is 316 g/mol. The maximum atomic E-state index is 12.2. The van der Waals surface area contributed by atoms with E-state index in [1.807, 2.05) is 32.5 Å². The number of aromatic amines is 1. The maximum absolute atomic E-state index is 12.2. The number of hydrogen-bond acceptors (Lipinski definition) is 5. The highest BCUT2D eigenvalue weighted by Crippen LogP contribution is 2.24. The van der Waals surface area contributed by atoms with E-state index in [0.29, 0.717) is 16.7 Å². The van der Waals surface area contributed by atoms with Crippen LogP contribution in [0, 0.1) is 0 Å². The number of thiazole rings is 1. The number of nitrogens with one attached hydrogen (secondary N) is 2. The van der Waals surface area contributed by atoms with Gasteiger partial charge in [-0.05, 0) is 12.0 Å². The second-order valence-electron chi connectivity index (χ2n) is 5.26. The predicted octanol–water partition coefficient (Wildman–Crippen LogP) is 2.64. The molecule has 0 aliphatic carbocycles. The molecule has 7 nitrogen and oxygen atoms in total. The summed E-state index contributed by atoms with van der Waals surface area (Å²) in [5.74, 6) is 0.0290. The Hall–Kier alpha value is -2.48. The molecule has 8 heteroatoms. The first-order valence-corrected chi connectivity index (χ1v) is 7.72. The van der Waals surface area contributed by atoms with Gasteiger partial charge in [-0.15, -0.1) is 11.3 Å². The highest BCUT2D eigenvalue weighted by Gasteiger charge is 2.14. The van der Waals surface area contributed by atoms with E-state index >= 15 is 0 Å². The molecule has 0 aromatic carbocycles. The molecule has 3 aromatic rings. The average Bonchev–Trinajstić information content (AvgIpc) is 3.17. The minimum absolute atomic E-state index is 0.268. The molecule has 0 spiro atoms. The normalized spacial score (nSPS) is 11.1. The van der Waals surface area contributed by atoms with Crippen LogP contribution in [0.3, 0.4) is 0 Å². The Kier molecular flexibility index (Phi) is 3.76. The third kappa shape index (κ3) is 2.91. The molecule has 0 atom stereocenters. The summed E-state index contributed by atoms with van der Waals surface area (Å²) in [6.07, 6.45) is 3.62. The summed E-state index contributed by atoms with van der Waals surface area (Å²) in [6.45, 7) is 4.08. The first kappa shape index (κ1) is 14.5. The summed E-state index contributed by atoms with van der Waals surface area (Å²) in [6, 6.07) is 1.76. The second-order valence-corrected chi connectivity index (χ2v) is 6.12. The number of carbonyl (C=O) groups is 1. The average molecular weight is 316 g/mol. The number of carbonyl (C=O) groups excluding carboxylic acids is 1. The zero-order chi connectivity index (χ0) is 15.7. The lowest BCUT2D eigenvalue weighted by molar-refractivity contribution is 0.102. The van der Waals surface area contributed by atoms with E-state index in [0.717, 1.165) is 17.0 Å². The van der Waals surface area contributed by atoms with Gasteiger partial charge in [0.1, 0.15) is 0 Å². The van der Waals surface area contributed by atoms with Crippen molar-refractivity contribution in [2.24, 2.45) is 7.05 Å². The van der Waals surface area contributed by atoms with E-state index in [4.69, 9.17) is 0 Å². The quantitative estimate of drug-likeness (QED) is 0.774. The topological polar surface area (TPSA) is 88.5 Å². The van der Waals surface area contributed by atoms with Crippen LogP contribution in [0.4, 0.5) is 5.13 Å². The number of hydrogen-bond donors (Lipinski definition) is 2. The summed E-state index contributed by atoms with van der Waals surface area (Å²) >= 11 is 1.37. The molecule has 0 saturated heterocycles. The van der Waals surface area contributed by atoms with E-state index in [9.17, 15) is 4.79 Å². The van der Waals surface area contributed by atoms with Crippen molar-refractivity contribution in [2.45, 2.75) is 19.8 Å². The van der Waals surface area contributed by atoms with Crippen molar-refractivity contribution in [1.82, 2.24) is 25.0 Å². The smallest absolute Gasteiger partial charge is 0.277 e. The van der Waals surface area contributed by atoms with Crippen molar-refractivity contribution >= 4 is 22.4 Å². The predicted molar refractivity (Wildman–Crippen MR) is 84.9 cm³/mol. The first-order valence-electron chi connectivity index (χ1n) is 6.84. The lowest BCUT2D eigenvalue weighted by Gasteiger charge is -1.98. The van der Waals surface area contributed by atoms with E-state index in [-0.39, 0.29) is 5.91 Å². The van der Waals surface area contributed by atoms with Gasteiger partial charge in [0.05, 0.1) is 11.9 Å². The second kappa shape index (κ2) is 5.72. The number of amides is 1. The van der Waals surface area contributed by atoms with E-state index < -0.39 is 0 Å². The van der Waals surface area contributed by atoms with Crippen LogP contribution >= 0.6 is 11.3 Å². The Balaban J connectivity index is 1.73. The van der Waals surface area contributed by atoms with E-state index in [1.54, 1.807) is 16.9 Å². The molecular weight excluding hydrogens is 300 g/mol. The fraction of sp³-hybridized carbons (Fsp3) is 0.286. The number of anilines is 1. The number of nitrogens with zero attached hydrogens (tertiary/aromatic N) is 4. The minimum Gasteiger partial charge on any atom is -0.296 e. The van der Waals surface area contributed by atoms with Gasteiger partial charge in [-0.3, -0.25) is 19.9 Å². The van der Waals surface area contributed by atoms with Gasteiger partial charge in [-0.25, -0.2) is 4.98 Å². The highest BCUT2D eigenvalue weighted by atomic mass is 32.1. The van der Waals surface area contributed by atoms with Gasteiger partial charge < -0.3 is 0 Å². The molecule has 0 radical (unpaired) electrons. The molecule has 0 saturated carbocycles. The number of H-pyrrole nitrogens is 1. The molecule has 3 rings (SSSR count). The van der Waals surface area contributed by atoms with Crippen LogP contribution in [0.2, 0.25) is 0 Å². The molecule has 3 aromatic heterocycles. The van der Waals surface area contributed by atoms with E-state index in [1.165, 1.54) is 11.3 Å². The molecule has 1 amide bonds. The van der Waals surface area contributed by atoms with Gasteiger partial charge in [0, 0.05) is 29.9 Å². The van der Waals surface area contributed by atoms with Gasteiger partial charge in [0.25, 0.3) is 5.91 Å². The zero-order valence-electron chi connectivity index (χ0n) is 12.5. The Morgan fingerprint density at radius 2 is 2.27 bits per heavy atom. The molecule has 0 aliphatic rings. The van der Waals surface area contributed by atoms with Crippen LogP contribution in [-0.4, -0.2) is 30.9 Å². The van der Waals surface area contributed by atoms with Gasteiger partial charge >= 0.3 is 0 Å². The highest BCUT2D eigenvalue weighted by molar-refractivity contribution is 7.14. The van der Waals surface area contributed by atoms with Crippen LogP contribution in [0.25, 0.3) is 11.3 Å². The van der Waals surface area contributed by atoms with Crippen molar-refractivity contribution in [3.05, 3.63) is 35.2 Å². The van der Waals surface area contributed by atoms with Crippen molar-refractivity contribution in [1.29, 1.82) is 0 Å². The third-order valence-corrected chi connectivity index (χ3v) is 3.94. The molecular formula is C14H16N6OS. The molecule has 22 heavy (non-hydrogen) atoms. The SMILES string of the molecule is CC(C)c1cc(C(=O)Nc2nc(-c3cnn(C)c3)cs2)n[nH]1.